The number of sulfone groups is 1. The first-order chi connectivity index (χ1) is 8.87. The lowest BCUT2D eigenvalue weighted by Gasteiger charge is -2.23. The predicted octanol–water partition coefficient (Wildman–Crippen LogP) is 0.561. The van der Waals surface area contributed by atoms with Crippen molar-refractivity contribution >= 4 is 27.2 Å². The van der Waals surface area contributed by atoms with Crippen LogP contribution < -0.4 is 11.1 Å². The molecule has 1 aromatic heterocycles. The molecule has 19 heavy (non-hydrogen) atoms. The number of pyridine rings is 1. The average Bonchev–Trinajstić information content (AvgIpc) is 2.27. The highest BCUT2D eigenvalue weighted by atomic mass is 32.2. The van der Waals surface area contributed by atoms with Crippen molar-refractivity contribution in [1.82, 2.24) is 4.98 Å². The largest absolute Gasteiger partial charge is 0.378 e. The Labute approximate surface area is 110 Å². The molecule has 1 unspecified atom stereocenters. The summed E-state index contributed by atoms with van der Waals surface area (Å²) in [6.45, 7) is 0. The van der Waals surface area contributed by atoms with E-state index in [0.717, 1.165) is 6.42 Å². The van der Waals surface area contributed by atoms with Gasteiger partial charge in [0.2, 0.25) is 5.82 Å². The Morgan fingerprint density at radius 1 is 1.47 bits per heavy atom. The number of hydrogen-bond acceptors (Lipinski definition) is 7. The zero-order valence-corrected chi connectivity index (χ0v) is 10.9. The number of aromatic nitrogens is 1. The molecule has 8 nitrogen and oxygen atoms in total. The van der Waals surface area contributed by atoms with Gasteiger partial charge in [0.15, 0.2) is 9.84 Å². The van der Waals surface area contributed by atoms with Crippen LogP contribution in [0.15, 0.2) is 12.1 Å². The summed E-state index contributed by atoms with van der Waals surface area (Å²) >= 11 is 0. The molecule has 0 saturated carbocycles. The number of nitrogens with two attached hydrogens (primary N) is 1. The minimum Gasteiger partial charge on any atom is -0.378 e. The highest BCUT2D eigenvalue weighted by Gasteiger charge is 2.25. The normalized spacial score (nSPS) is 21.8. The van der Waals surface area contributed by atoms with E-state index in [1.807, 2.05) is 0 Å². The van der Waals surface area contributed by atoms with Crippen molar-refractivity contribution in [3.8, 4) is 0 Å². The van der Waals surface area contributed by atoms with Crippen LogP contribution in [0, 0.1) is 10.1 Å². The van der Waals surface area contributed by atoms with E-state index < -0.39 is 14.8 Å². The summed E-state index contributed by atoms with van der Waals surface area (Å²) in [5.74, 6) is 0.422. The highest BCUT2D eigenvalue weighted by molar-refractivity contribution is 7.91. The molecule has 0 aliphatic carbocycles. The number of rotatable bonds is 3. The molecular weight excluding hydrogens is 272 g/mol. The van der Waals surface area contributed by atoms with E-state index in [2.05, 4.69) is 10.3 Å². The van der Waals surface area contributed by atoms with Crippen LogP contribution in [0.5, 0.6) is 0 Å². The van der Waals surface area contributed by atoms with Crippen molar-refractivity contribution in [2.24, 2.45) is 0 Å². The lowest BCUT2D eigenvalue weighted by Crippen LogP contribution is -2.35. The monoisotopic (exact) mass is 286 g/mol. The third kappa shape index (κ3) is 3.31. The number of nitrogens with zero attached hydrogens (tertiary/aromatic N) is 2. The van der Waals surface area contributed by atoms with Crippen LogP contribution >= 0.6 is 0 Å². The van der Waals surface area contributed by atoms with Gasteiger partial charge in [0, 0.05) is 12.1 Å². The second-order valence-electron chi connectivity index (χ2n) is 4.46. The van der Waals surface area contributed by atoms with Gasteiger partial charge in [0.1, 0.15) is 5.82 Å². The van der Waals surface area contributed by atoms with Crippen LogP contribution in [-0.4, -0.2) is 35.9 Å². The fourth-order valence-electron chi connectivity index (χ4n) is 2.05. The molecule has 0 spiro atoms. The fourth-order valence-corrected chi connectivity index (χ4v) is 3.68. The second-order valence-corrected chi connectivity index (χ2v) is 6.68. The molecule has 1 atom stereocenters. The third-order valence-corrected chi connectivity index (χ3v) is 4.74. The van der Waals surface area contributed by atoms with E-state index in [0.29, 0.717) is 12.2 Å². The van der Waals surface area contributed by atoms with Gasteiger partial charge in [-0.05, 0) is 18.9 Å². The van der Waals surface area contributed by atoms with Gasteiger partial charge < -0.3 is 11.1 Å². The van der Waals surface area contributed by atoms with Gasteiger partial charge >= 0.3 is 5.69 Å². The standard InChI is InChI=1S/C10H14N4O4S/c11-10-8(14(15)16)3-4-9(13-10)12-7-2-1-5-19(17,18)6-7/h3-4,7H,1-2,5-6H2,(H3,11,12,13). The topological polar surface area (TPSA) is 128 Å². The van der Waals surface area contributed by atoms with Crippen LogP contribution in [0.4, 0.5) is 17.3 Å². The minimum atomic E-state index is -3.01. The smallest absolute Gasteiger partial charge is 0.311 e. The molecule has 0 radical (unpaired) electrons. The van der Waals surface area contributed by atoms with Gasteiger partial charge in [-0.25, -0.2) is 13.4 Å². The van der Waals surface area contributed by atoms with Gasteiger partial charge in [-0.1, -0.05) is 0 Å². The van der Waals surface area contributed by atoms with Gasteiger partial charge in [-0.15, -0.1) is 0 Å². The zero-order chi connectivity index (χ0) is 14.0. The van der Waals surface area contributed by atoms with Gasteiger partial charge in [-0.3, -0.25) is 10.1 Å². The summed E-state index contributed by atoms with van der Waals surface area (Å²) in [5, 5.41) is 13.5. The lowest BCUT2D eigenvalue weighted by molar-refractivity contribution is -0.384. The molecule has 1 aliphatic rings. The molecule has 1 fully saturated rings. The van der Waals surface area contributed by atoms with E-state index in [-0.39, 0.29) is 29.1 Å². The number of hydrogen-bond donors (Lipinski definition) is 2. The van der Waals surface area contributed by atoms with Crippen molar-refractivity contribution in [2.45, 2.75) is 18.9 Å². The number of anilines is 2. The van der Waals surface area contributed by atoms with Crippen molar-refractivity contribution < 1.29 is 13.3 Å². The quantitative estimate of drug-likeness (QED) is 0.613. The van der Waals surface area contributed by atoms with Crippen LogP contribution in [-0.2, 0) is 9.84 Å². The molecule has 0 aromatic carbocycles. The summed E-state index contributed by atoms with van der Waals surface area (Å²) in [6, 6.07) is 2.45. The maximum atomic E-state index is 11.5. The maximum absolute atomic E-state index is 11.5. The van der Waals surface area contributed by atoms with Gasteiger partial charge in [-0.2, -0.15) is 0 Å². The number of nitrogen functional groups attached to an aromatic ring is 1. The van der Waals surface area contributed by atoms with E-state index >= 15 is 0 Å². The summed E-state index contributed by atoms with van der Waals surface area (Å²) in [5.41, 5.74) is 5.21. The van der Waals surface area contributed by atoms with Crippen molar-refractivity contribution in [1.29, 1.82) is 0 Å². The van der Waals surface area contributed by atoms with Crippen molar-refractivity contribution in [3.05, 3.63) is 22.2 Å². The predicted molar refractivity (Wildman–Crippen MR) is 70.6 cm³/mol. The number of nitro groups is 1. The summed E-state index contributed by atoms with van der Waals surface area (Å²) in [4.78, 5) is 13.8. The van der Waals surface area contributed by atoms with Crippen LogP contribution in [0.2, 0.25) is 0 Å². The zero-order valence-electron chi connectivity index (χ0n) is 10.1. The highest BCUT2D eigenvalue weighted by Crippen LogP contribution is 2.22. The maximum Gasteiger partial charge on any atom is 0.311 e. The number of nitrogens with one attached hydrogen (secondary N) is 1. The van der Waals surface area contributed by atoms with Crippen molar-refractivity contribution in [2.75, 3.05) is 22.6 Å². The summed E-state index contributed by atoms with van der Waals surface area (Å²) in [6.07, 6.45) is 1.32. The van der Waals surface area contributed by atoms with E-state index in [9.17, 15) is 18.5 Å². The molecule has 2 heterocycles. The fraction of sp³-hybridized carbons (Fsp3) is 0.500. The van der Waals surface area contributed by atoms with Crippen LogP contribution in [0.3, 0.4) is 0 Å². The molecule has 1 aliphatic heterocycles. The minimum absolute atomic E-state index is 0.0472. The lowest BCUT2D eigenvalue weighted by atomic mass is 10.2. The second kappa shape index (κ2) is 5.00. The summed E-state index contributed by atoms with van der Waals surface area (Å²) < 4.78 is 23.0. The summed E-state index contributed by atoms with van der Waals surface area (Å²) in [7, 11) is -3.01. The van der Waals surface area contributed by atoms with Crippen molar-refractivity contribution in [3.63, 3.8) is 0 Å². The first-order valence-electron chi connectivity index (χ1n) is 5.75. The first-order valence-corrected chi connectivity index (χ1v) is 7.57. The van der Waals surface area contributed by atoms with Gasteiger partial charge in [0.25, 0.3) is 0 Å². The van der Waals surface area contributed by atoms with E-state index in [4.69, 9.17) is 5.73 Å². The molecule has 0 bridgehead atoms. The van der Waals surface area contributed by atoms with E-state index in [1.165, 1.54) is 12.1 Å². The Bertz CT molecular complexity index is 602. The molecule has 9 heteroatoms. The van der Waals surface area contributed by atoms with E-state index in [1.54, 1.807) is 0 Å². The van der Waals surface area contributed by atoms with Crippen LogP contribution in [0.1, 0.15) is 12.8 Å². The Kier molecular flexibility index (Phi) is 3.56. The van der Waals surface area contributed by atoms with Gasteiger partial charge in [0.05, 0.1) is 16.4 Å². The Balaban J connectivity index is 2.11. The first kappa shape index (κ1) is 13.5. The molecule has 104 valence electrons. The molecule has 2 rings (SSSR count). The molecular formula is C10H14N4O4S. The molecule has 1 saturated heterocycles. The molecule has 0 amide bonds. The SMILES string of the molecule is Nc1nc(NC2CCCS(=O)(=O)C2)ccc1[N+](=O)[O-]. The third-order valence-electron chi connectivity index (χ3n) is 2.91. The average molecular weight is 286 g/mol. The molecule has 3 N–H and O–H groups in total. The van der Waals surface area contributed by atoms with Crippen LogP contribution in [0.25, 0.3) is 0 Å². The Hall–Kier alpha value is -1.90. The Morgan fingerprint density at radius 2 is 2.21 bits per heavy atom. The molecule has 1 aromatic rings. The Morgan fingerprint density at radius 3 is 2.79 bits per heavy atom.